The van der Waals surface area contributed by atoms with Gasteiger partial charge in [-0.25, -0.2) is 8.78 Å². The van der Waals surface area contributed by atoms with Gasteiger partial charge in [0.05, 0.1) is 19.3 Å². The minimum atomic E-state index is -1.01. The maximum atomic E-state index is 14.3. The predicted octanol–water partition coefficient (Wildman–Crippen LogP) is 2.67. The van der Waals surface area contributed by atoms with Crippen LogP contribution < -0.4 is 10.7 Å². The van der Waals surface area contributed by atoms with Crippen molar-refractivity contribution in [3.05, 3.63) is 87.4 Å². The van der Waals surface area contributed by atoms with Crippen molar-refractivity contribution in [2.45, 2.75) is 33.0 Å². The van der Waals surface area contributed by atoms with Crippen LogP contribution in [0.3, 0.4) is 0 Å². The number of nitrogens with one attached hydrogen (secondary N) is 1. The van der Waals surface area contributed by atoms with Crippen molar-refractivity contribution in [2.75, 3.05) is 19.8 Å². The first-order chi connectivity index (χ1) is 16.7. The monoisotopic (exact) mass is 487 g/mol. The molecule has 0 saturated carbocycles. The quantitative estimate of drug-likeness (QED) is 0.419. The topological polar surface area (TPSA) is 101 Å². The normalized spacial score (nSPS) is 15.4. The number of carbonyl (C=O) groups is 2. The summed E-state index contributed by atoms with van der Waals surface area (Å²) in [5, 5.41) is 12.9. The fourth-order valence-corrected chi connectivity index (χ4v) is 3.87. The number of nitrogens with zero attached hydrogens (tertiary/aromatic N) is 2. The second kappa shape index (κ2) is 11.1. The molecule has 1 atom stereocenters. The van der Waals surface area contributed by atoms with Crippen LogP contribution in [0, 0.1) is 18.6 Å². The van der Waals surface area contributed by atoms with E-state index in [4.69, 9.17) is 4.74 Å². The first-order valence-electron chi connectivity index (χ1n) is 11.1. The van der Waals surface area contributed by atoms with E-state index in [0.29, 0.717) is 19.8 Å². The number of aromatic hydroxyl groups is 1. The van der Waals surface area contributed by atoms with Crippen molar-refractivity contribution >= 4 is 11.8 Å². The van der Waals surface area contributed by atoms with E-state index in [1.165, 1.54) is 28.7 Å². The Bertz CT molecular complexity index is 1240. The zero-order valence-corrected chi connectivity index (χ0v) is 19.5. The Morgan fingerprint density at radius 3 is 2.74 bits per heavy atom. The van der Waals surface area contributed by atoms with E-state index < -0.39 is 46.2 Å². The Kier molecular flexibility index (Phi) is 8.18. The fraction of sp³-hybridized carbons (Fsp3) is 0.320. The van der Waals surface area contributed by atoms with Crippen molar-refractivity contribution < 1.29 is 28.2 Å². The number of carbonyl (C=O) groups excluding carboxylic acids is 2. The van der Waals surface area contributed by atoms with Gasteiger partial charge in [0.1, 0.15) is 17.2 Å². The summed E-state index contributed by atoms with van der Waals surface area (Å²) in [4.78, 5) is 39.9. The second-order valence-electron chi connectivity index (χ2n) is 7.96. The van der Waals surface area contributed by atoms with Crippen LogP contribution in [-0.2, 0) is 17.8 Å². The van der Waals surface area contributed by atoms with Crippen molar-refractivity contribution in [1.29, 1.82) is 0 Å². The van der Waals surface area contributed by atoms with E-state index >= 15 is 0 Å². The summed E-state index contributed by atoms with van der Waals surface area (Å²) in [7, 11) is 0. The van der Waals surface area contributed by atoms with E-state index in [-0.39, 0.29) is 29.9 Å². The van der Waals surface area contributed by atoms with Gasteiger partial charge in [-0.3, -0.25) is 14.4 Å². The summed E-state index contributed by atoms with van der Waals surface area (Å²) in [6.45, 7) is 7.52. The van der Waals surface area contributed by atoms with Gasteiger partial charge in [-0.15, -0.1) is 6.58 Å². The molecule has 186 valence electrons. The number of halogens is 2. The third-order valence-electron chi connectivity index (χ3n) is 5.74. The second-order valence-corrected chi connectivity index (χ2v) is 7.96. The summed E-state index contributed by atoms with van der Waals surface area (Å²) in [5.74, 6) is -3.76. The first-order valence-corrected chi connectivity index (χ1v) is 11.1. The van der Waals surface area contributed by atoms with Gasteiger partial charge in [0.2, 0.25) is 5.43 Å². The van der Waals surface area contributed by atoms with Crippen molar-refractivity contribution in [3.63, 3.8) is 0 Å². The number of aromatic nitrogens is 1. The molecule has 35 heavy (non-hydrogen) atoms. The van der Waals surface area contributed by atoms with E-state index in [0.717, 1.165) is 6.07 Å². The molecule has 1 aliphatic heterocycles. The van der Waals surface area contributed by atoms with Crippen LogP contribution in [0.4, 0.5) is 8.78 Å². The number of rotatable bonds is 9. The highest BCUT2D eigenvalue weighted by Gasteiger charge is 2.34. The Balaban J connectivity index is 1.87. The molecule has 3 rings (SSSR count). The Hall–Kier alpha value is -3.79. The number of fused-ring (bicyclic) bond motifs is 1. The van der Waals surface area contributed by atoms with E-state index in [9.17, 15) is 28.3 Å². The van der Waals surface area contributed by atoms with E-state index in [2.05, 4.69) is 11.9 Å². The lowest BCUT2D eigenvalue weighted by Gasteiger charge is -2.35. The molecule has 0 aliphatic carbocycles. The van der Waals surface area contributed by atoms with Gasteiger partial charge in [0.25, 0.3) is 11.8 Å². The SMILES string of the molecule is C=CCOC/C=C/C1Cn2cc(C(=O)NCc3ccc(F)c(C)c3F)c(=O)c(O)c2C(=O)N1CC. The van der Waals surface area contributed by atoms with E-state index in [1.54, 1.807) is 25.2 Å². The number of pyridine rings is 1. The zero-order chi connectivity index (χ0) is 25.7. The maximum absolute atomic E-state index is 14.3. The van der Waals surface area contributed by atoms with Crippen LogP contribution in [0.1, 0.15) is 38.9 Å². The van der Waals surface area contributed by atoms with Crippen LogP contribution in [0.5, 0.6) is 5.75 Å². The third-order valence-corrected chi connectivity index (χ3v) is 5.74. The molecule has 1 aromatic heterocycles. The van der Waals surface area contributed by atoms with E-state index in [1.807, 2.05) is 0 Å². The van der Waals surface area contributed by atoms with Crippen LogP contribution >= 0.6 is 0 Å². The number of likely N-dealkylation sites (N-methyl/N-ethyl adjacent to an activating group) is 1. The van der Waals surface area contributed by atoms with Crippen molar-refractivity contribution in [1.82, 2.24) is 14.8 Å². The van der Waals surface area contributed by atoms with Crippen LogP contribution in [0.15, 0.2) is 47.9 Å². The van der Waals surface area contributed by atoms with Crippen molar-refractivity contribution in [3.8, 4) is 5.75 Å². The summed E-state index contributed by atoms with van der Waals surface area (Å²) >= 11 is 0. The zero-order valence-electron chi connectivity index (χ0n) is 19.5. The maximum Gasteiger partial charge on any atom is 0.275 e. The van der Waals surface area contributed by atoms with Gasteiger partial charge in [-0.05, 0) is 19.9 Å². The predicted molar refractivity (Wildman–Crippen MR) is 125 cm³/mol. The number of benzene rings is 1. The summed E-state index contributed by atoms with van der Waals surface area (Å²) in [5.41, 5.74) is -1.77. The van der Waals surface area contributed by atoms with Crippen LogP contribution in [0.2, 0.25) is 0 Å². The minimum absolute atomic E-state index is 0.0390. The molecule has 1 aromatic carbocycles. The lowest BCUT2D eigenvalue weighted by Crippen LogP contribution is -2.48. The molecule has 0 saturated heterocycles. The van der Waals surface area contributed by atoms with Gasteiger partial charge in [0, 0.05) is 37.0 Å². The molecule has 0 radical (unpaired) electrons. The highest BCUT2D eigenvalue weighted by atomic mass is 19.1. The molecular formula is C25H27F2N3O5. The average Bonchev–Trinajstić information content (AvgIpc) is 2.84. The highest BCUT2D eigenvalue weighted by molar-refractivity contribution is 5.99. The lowest BCUT2D eigenvalue weighted by atomic mass is 10.1. The Morgan fingerprint density at radius 2 is 2.06 bits per heavy atom. The molecule has 8 nitrogen and oxygen atoms in total. The van der Waals surface area contributed by atoms with Gasteiger partial charge in [-0.1, -0.05) is 24.3 Å². The van der Waals surface area contributed by atoms with Gasteiger partial charge >= 0.3 is 0 Å². The summed E-state index contributed by atoms with van der Waals surface area (Å²) in [6, 6.07) is 1.88. The molecule has 1 unspecified atom stereocenters. The van der Waals surface area contributed by atoms with Gasteiger partial charge in [-0.2, -0.15) is 0 Å². The number of hydrogen-bond donors (Lipinski definition) is 2. The molecule has 2 amide bonds. The largest absolute Gasteiger partial charge is 0.503 e. The third kappa shape index (κ3) is 5.32. The van der Waals surface area contributed by atoms with Crippen LogP contribution in [-0.4, -0.2) is 52.2 Å². The molecule has 0 bridgehead atoms. The Morgan fingerprint density at radius 1 is 1.31 bits per heavy atom. The summed E-state index contributed by atoms with van der Waals surface area (Å²) in [6.07, 6.45) is 6.36. The van der Waals surface area contributed by atoms with Gasteiger partial charge in [0.15, 0.2) is 11.4 Å². The van der Waals surface area contributed by atoms with Gasteiger partial charge < -0.3 is 24.6 Å². The number of ether oxygens (including phenoxy) is 1. The van der Waals surface area contributed by atoms with Crippen LogP contribution in [0.25, 0.3) is 0 Å². The average molecular weight is 488 g/mol. The molecule has 0 fully saturated rings. The first kappa shape index (κ1) is 25.8. The molecular weight excluding hydrogens is 460 g/mol. The number of amides is 2. The molecule has 0 spiro atoms. The Labute approximate surface area is 201 Å². The fourth-order valence-electron chi connectivity index (χ4n) is 3.87. The molecule has 2 heterocycles. The molecule has 2 N–H and O–H groups in total. The smallest absolute Gasteiger partial charge is 0.275 e. The van der Waals surface area contributed by atoms with Crippen molar-refractivity contribution in [2.24, 2.45) is 0 Å². The highest BCUT2D eigenvalue weighted by Crippen LogP contribution is 2.24. The molecule has 10 heteroatoms. The minimum Gasteiger partial charge on any atom is -0.503 e. The molecule has 2 aromatic rings. The summed E-state index contributed by atoms with van der Waals surface area (Å²) < 4.78 is 34.4. The standard InChI is InChI=1S/C25H27F2N3O5/c1-4-10-35-11-6-7-17-13-29-14-18(22(31)23(32)21(29)25(34)30(17)5-2)24(33)28-12-16-8-9-19(26)15(3)20(16)27/h4,6-9,14,17,32H,1,5,10-13H2,2-3H3,(H,28,33)/b7-6+. The number of hydrogen-bond acceptors (Lipinski definition) is 5. The molecule has 1 aliphatic rings. The lowest BCUT2D eigenvalue weighted by molar-refractivity contribution is 0.0644.